The van der Waals surface area contributed by atoms with E-state index in [-0.39, 0.29) is 0 Å². The zero-order valence-corrected chi connectivity index (χ0v) is 11.4. The number of benzene rings is 1. The highest BCUT2D eigenvalue weighted by Gasteiger charge is 2.22. The monoisotopic (exact) mass is 267 g/mol. The summed E-state index contributed by atoms with van der Waals surface area (Å²) in [5.74, 6) is 1.62. The van der Waals surface area contributed by atoms with Crippen molar-refractivity contribution in [3.05, 3.63) is 28.8 Å². The standard InChI is InChI=1S/C13H18ClN3O/c1-15-13(17-11-5-6-11)16-8-9-3-4-10(14)7-12(9)18-2/h3-4,7,11H,5-6,8H2,1-2H3,(H2,15,16,17). The van der Waals surface area contributed by atoms with Gasteiger partial charge >= 0.3 is 0 Å². The molecular formula is C13H18ClN3O. The molecule has 0 spiro atoms. The van der Waals surface area contributed by atoms with Crippen LogP contribution in [0.4, 0.5) is 0 Å². The fraction of sp³-hybridized carbons (Fsp3) is 0.462. The molecule has 0 aliphatic heterocycles. The Morgan fingerprint density at radius 3 is 2.89 bits per heavy atom. The van der Waals surface area contributed by atoms with Gasteiger partial charge in [-0.2, -0.15) is 0 Å². The van der Waals surface area contributed by atoms with Crippen LogP contribution in [-0.4, -0.2) is 26.2 Å². The maximum atomic E-state index is 5.93. The summed E-state index contributed by atoms with van der Waals surface area (Å²) in [7, 11) is 3.42. The van der Waals surface area contributed by atoms with E-state index in [1.54, 1.807) is 14.2 Å². The molecule has 18 heavy (non-hydrogen) atoms. The van der Waals surface area contributed by atoms with Crippen molar-refractivity contribution in [3.63, 3.8) is 0 Å². The van der Waals surface area contributed by atoms with Crippen LogP contribution in [0.1, 0.15) is 18.4 Å². The maximum absolute atomic E-state index is 5.93. The fourth-order valence-corrected chi connectivity index (χ4v) is 1.82. The van der Waals surface area contributed by atoms with Gasteiger partial charge in [-0.3, -0.25) is 4.99 Å². The highest BCUT2D eigenvalue weighted by Crippen LogP contribution is 2.23. The number of hydrogen-bond acceptors (Lipinski definition) is 2. The summed E-state index contributed by atoms with van der Waals surface area (Å²) < 4.78 is 5.30. The minimum Gasteiger partial charge on any atom is -0.496 e. The van der Waals surface area contributed by atoms with Gasteiger partial charge in [0.15, 0.2) is 5.96 Å². The fourth-order valence-electron chi connectivity index (χ4n) is 1.66. The SMILES string of the molecule is CN=C(NCc1ccc(Cl)cc1OC)NC1CC1. The summed E-state index contributed by atoms with van der Waals surface area (Å²) in [4.78, 5) is 4.18. The number of nitrogens with one attached hydrogen (secondary N) is 2. The predicted molar refractivity (Wildman–Crippen MR) is 74.4 cm³/mol. The van der Waals surface area contributed by atoms with Gasteiger partial charge in [-0.15, -0.1) is 0 Å². The molecule has 0 radical (unpaired) electrons. The van der Waals surface area contributed by atoms with E-state index in [0.29, 0.717) is 17.6 Å². The number of halogens is 1. The predicted octanol–water partition coefficient (Wildman–Crippen LogP) is 2.18. The first-order valence-corrected chi connectivity index (χ1v) is 6.40. The molecule has 0 amide bonds. The molecule has 0 unspecified atom stereocenters. The Labute approximate surface area is 112 Å². The third-order valence-corrected chi connectivity index (χ3v) is 3.07. The summed E-state index contributed by atoms with van der Waals surface area (Å²) >= 11 is 5.93. The van der Waals surface area contributed by atoms with Crippen molar-refractivity contribution in [2.45, 2.75) is 25.4 Å². The summed E-state index contributed by atoms with van der Waals surface area (Å²) in [6.07, 6.45) is 2.45. The van der Waals surface area contributed by atoms with Crippen LogP contribution in [-0.2, 0) is 6.54 Å². The molecule has 98 valence electrons. The lowest BCUT2D eigenvalue weighted by atomic mass is 10.2. The maximum Gasteiger partial charge on any atom is 0.191 e. The van der Waals surface area contributed by atoms with Crippen molar-refractivity contribution in [1.29, 1.82) is 0 Å². The lowest BCUT2D eigenvalue weighted by molar-refractivity contribution is 0.409. The molecule has 2 rings (SSSR count). The second-order valence-electron chi connectivity index (χ2n) is 4.30. The number of aliphatic imine (C=N–C) groups is 1. The Morgan fingerprint density at radius 1 is 1.50 bits per heavy atom. The van der Waals surface area contributed by atoms with Crippen molar-refractivity contribution in [2.24, 2.45) is 4.99 Å². The van der Waals surface area contributed by atoms with Crippen LogP contribution in [0, 0.1) is 0 Å². The highest BCUT2D eigenvalue weighted by molar-refractivity contribution is 6.30. The van der Waals surface area contributed by atoms with Crippen LogP contribution in [0.25, 0.3) is 0 Å². The summed E-state index contributed by atoms with van der Waals surface area (Å²) in [5, 5.41) is 7.28. The van der Waals surface area contributed by atoms with Crippen LogP contribution < -0.4 is 15.4 Å². The summed E-state index contributed by atoms with van der Waals surface area (Å²) in [5.41, 5.74) is 1.06. The van der Waals surface area contributed by atoms with E-state index in [0.717, 1.165) is 17.3 Å². The van der Waals surface area contributed by atoms with Crippen molar-refractivity contribution in [3.8, 4) is 5.75 Å². The molecule has 2 N–H and O–H groups in total. The Bertz CT molecular complexity index is 444. The lowest BCUT2D eigenvalue weighted by Crippen LogP contribution is -2.38. The number of methoxy groups -OCH3 is 1. The number of rotatable bonds is 4. The highest BCUT2D eigenvalue weighted by atomic mass is 35.5. The number of ether oxygens (including phenoxy) is 1. The van der Waals surface area contributed by atoms with Crippen molar-refractivity contribution in [1.82, 2.24) is 10.6 Å². The van der Waals surface area contributed by atoms with E-state index in [1.807, 2.05) is 18.2 Å². The Balaban J connectivity index is 1.95. The minimum absolute atomic E-state index is 0.586. The zero-order valence-electron chi connectivity index (χ0n) is 10.7. The summed E-state index contributed by atoms with van der Waals surface area (Å²) in [6, 6.07) is 6.22. The van der Waals surface area contributed by atoms with Gasteiger partial charge in [0.2, 0.25) is 0 Å². The minimum atomic E-state index is 0.586. The smallest absolute Gasteiger partial charge is 0.191 e. The molecule has 1 fully saturated rings. The lowest BCUT2D eigenvalue weighted by Gasteiger charge is -2.13. The number of guanidine groups is 1. The molecule has 5 heteroatoms. The second-order valence-corrected chi connectivity index (χ2v) is 4.74. The largest absolute Gasteiger partial charge is 0.496 e. The van der Waals surface area contributed by atoms with E-state index >= 15 is 0 Å². The van der Waals surface area contributed by atoms with Gasteiger partial charge in [-0.05, 0) is 25.0 Å². The Kier molecular flexibility index (Phi) is 4.31. The first kappa shape index (κ1) is 13.0. The Morgan fingerprint density at radius 2 is 2.28 bits per heavy atom. The van der Waals surface area contributed by atoms with Crippen LogP contribution in [0.15, 0.2) is 23.2 Å². The molecule has 0 bridgehead atoms. The number of hydrogen-bond donors (Lipinski definition) is 2. The van der Waals surface area contributed by atoms with Crippen LogP contribution >= 0.6 is 11.6 Å². The van der Waals surface area contributed by atoms with Crippen molar-refractivity contribution < 1.29 is 4.74 Å². The van der Waals surface area contributed by atoms with E-state index < -0.39 is 0 Å². The van der Waals surface area contributed by atoms with Gasteiger partial charge in [-0.25, -0.2) is 0 Å². The average Bonchev–Trinajstić information content (AvgIpc) is 3.19. The van der Waals surface area contributed by atoms with Gasteiger partial charge in [-0.1, -0.05) is 17.7 Å². The molecule has 0 saturated heterocycles. The molecular weight excluding hydrogens is 250 g/mol. The zero-order chi connectivity index (χ0) is 13.0. The van der Waals surface area contributed by atoms with Gasteiger partial charge in [0, 0.05) is 30.2 Å². The molecule has 0 heterocycles. The van der Waals surface area contributed by atoms with Gasteiger partial charge in [0.1, 0.15) is 5.75 Å². The van der Waals surface area contributed by atoms with E-state index in [2.05, 4.69) is 15.6 Å². The first-order valence-electron chi connectivity index (χ1n) is 6.02. The molecule has 0 atom stereocenters. The third-order valence-electron chi connectivity index (χ3n) is 2.84. The second kappa shape index (κ2) is 5.96. The number of nitrogens with zero attached hydrogens (tertiary/aromatic N) is 1. The average molecular weight is 268 g/mol. The molecule has 1 saturated carbocycles. The van der Waals surface area contributed by atoms with Crippen molar-refractivity contribution in [2.75, 3.05) is 14.2 Å². The van der Waals surface area contributed by atoms with Gasteiger partial charge in [0.25, 0.3) is 0 Å². The summed E-state index contributed by atoms with van der Waals surface area (Å²) in [6.45, 7) is 0.659. The van der Waals surface area contributed by atoms with Crippen LogP contribution in [0.3, 0.4) is 0 Å². The topological polar surface area (TPSA) is 45.7 Å². The van der Waals surface area contributed by atoms with E-state index in [9.17, 15) is 0 Å². The normalized spacial score (nSPS) is 15.4. The van der Waals surface area contributed by atoms with Gasteiger partial charge < -0.3 is 15.4 Å². The molecule has 1 aromatic carbocycles. The van der Waals surface area contributed by atoms with E-state index in [1.165, 1.54) is 12.8 Å². The van der Waals surface area contributed by atoms with E-state index in [4.69, 9.17) is 16.3 Å². The molecule has 4 nitrogen and oxygen atoms in total. The molecule has 1 aliphatic carbocycles. The van der Waals surface area contributed by atoms with Crippen molar-refractivity contribution >= 4 is 17.6 Å². The molecule has 1 aromatic rings. The van der Waals surface area contributed by atoms with Gasteiger partial charge in [0.05, 0.1) is 7.11 Å². The Hall–Kier alpha value is -1.42. The molecule has 0 aromatic heterocycles. The quantitative estimate of drug-likeness (QED) is 0.649. The van der Waals surface area contributed by atoms with Crippen LogP contribution in [0.5, 0.6) is 5.75 Å². The first-order chi connectivity index (χ1) is 8.72. The molecule has 1 aliphatic rings. The third kappa shape index (κ3) is 3.53. The van der Waals surface area contributed by atoms with Crippen LogP contribution in [0.2, 0.25) is 5.02 Å².